The van der Waals surface area contributed by atoms with Crippen LogP contribution in [0.5, 0.6) is 11.5 Å². The molecule has 0 unspecified atom stereocenters. The molecule has 0 spiro atoms. The van der Waals surface area contributed by atoms with E-state index in [1.165, 1.54) is 6.26 Å². The van der Waals surface area contributed by atoms with Crippen molar-refractivity contribution < 1.29 is 18.7 Å². The summed E-state index contributed by atoms with van der Waals surface area (Å²) in [6, 6.07) is 16.0. The van der Waals surface area contributed by atoms with Gasteiger partial charge in [0.1, 0.15) is 0 Å². The first-order valence-corrected chi connectivity index (χ1v) is 8.82. The number of aliphatic imine (C=N–C) groups is 1. The number of nitrogens with one attached hydrogen (secondary N) is 2. The number of amides is 1. The fourth-order valence-electron chi connectivity index (χ4n) is 2.57. The summed E-state index contributed by atoms with van der Waals surface area (Å²) in [7, 11) is 3.15. The number of hydrogen-bond donors (Lipinski definition) is 3. The highest BCUT2D eigenvalue weighted by Gasteiger charge is 2.08. The van der Waals surface area contributed by atoms with E-state index in [1.54, 1.807) is 50.6 Å². The number of carbonyl (C=O) groups is 1. The SMILES string of the molecule is COc1ccc(NC(N)=NCc2ccc(NC(=O)c3ccco3)cc2)cc1OC.I. The number of nitrogens with two attached hydrogens (primary N) is 1. The molecule has 3 aromatic rings. The van der Waals surface area contributed by atoms with E-state index in [2.05, 4.69) is 15.6 Å². The zero-order valence-electron chi connectivity index (χ0n) is 16.5. The van der Waals surface area contributed by atoms with E-state index in [4.69, 9.17) is 19.6 Å². The molecule has 30 heavy (non-hydrogen) atoms. The summed E-state index contributed by atoms with van der Waals surface area (Å²) in [5.41, 5.74) is 8.31. The van der Waals surface area contributed by atoms with Crippen LogP contribution < -0.4 is 25.8 Å². The van der Waals surface area contributed by atoms with E-state index in [0.29, 0.717) is 23.7 Å². The molecular weight excluding hydrogens is 499 g/mol. The highest BCUT2D eigenvalue weighted by atomic mass is 127. The van der Waals surface area contributed by atoms with Gasteiger partial charge in [0, 0.05) is 17.4 Å². The Bertz CT molecular complexity index is 989. The van der Waals surface area contributed by atoms with Crippen molar-refractivity contribution in [2.75, 3.05) is 24.9 Å². The minimum Gasteiger partial charge on any atom is -0.493 e. The van der Waals surface area contributed by atoms with Gasteiger partial charge < -0.3 is 30.3 Å². The Hall–Kier alpha value is -3.21. The van der Waals surface area contributed by atoms with Crippen molar-refractivity contribution in [2.45, 2.75) is 6.54 Å². The lowest BCUT2D eigenvalue weighted by Crippen LogP contribution is -2.22. The van der Waals surface area contributed by atoms with Crippen molar-refractivity contribution in [3.05, 3.63) is 72.2 Å². The monoisotopic (exact) mass is 522 g/mol. The van der Waals surface area contributed by atoms with Gasteiger partial charge in [0.15, 0.2) is 23.2 Å². The maximum Gasteiger partial charge on any atom is 0.291 e. The first-order valence-electron chi connectivity index (χ1n) is 8.82. The standard InChI is InChI=1S/C21H22N4O4.HI/c1-27-17-10-9-16(12-19(17)28-2)25-21(22)23-13-14-5-7-15(8-6-14)24-20(26)18-4-3-11-29-18;/h3-12H,13H2,1-2H3,(H,24,26)(H3,22,23,25);1H. The second-order valence-corrected chi connectivity index (χ2v) is 6.02. The predicted molar refractivity (Wildman–Crippen MR) is 127 cm³/mol. The summed E-state index contributed by atoms with van der Waals surface area (Å²) >= 11 is 0. The fourth-order valence-corrected chi connectivity index (χ4v) is 2.57. The van der Waals surface area contributed by atoms with E-state index in [-0.39, 0.29) is 41.6 Å². The molecule has 3 rings (SSSR count). The Morgan fingerprint density at radius 1 is 1.00 bits per heavy atom. The number of anilines is 2. The molecule has 2 aromatic carbocycles. The molecule has 0 radical (unpaired) electrons. The van der Waals surface area contributed by atoms with Gasteiger partial charge in [-0.05, 0) is 42.0 Å². The molecule has 0 aliphatic heterocycles. The first-order chi connectivity index (χ1) is 14.1. The van der Waals surface area contributed by atoms with Crippen LogP contribution in [0.15, 0.2) is 70.3 Å². The summed E-state index contributed by atoms with van der Waals surface area (Å²) in [4.78, 5) is 16.3. The van der Waals surface area contributed by atoms with Crippen LogP contribution in [-0.4, -0.2) is 26.1 Å². The van der Waals surface area contributed by atoms with Gasteiger partial charge in [-0.15, -0.1) is 24.0 Å². The largest absolute Gasteiger partial charge is 0.493 e. The summed E-state index contributed by atoms with van der Waals surface area (Å²) in [5, 5.41) is 5.78. The van der Waals surface area contributed by atoms with Gasteiger partial charge in [-0.3, -0.25) is 4.79 Å². The third-order valence-corrected chi connectivity index (χ3v) is 4.04. The Kier molecular flexibility index (Phi) is 8.54. The van der Waals surface area contributed by atoms with Gasteiger partial charge in [-0.2, -0.15) is 0 Å². The highest BCUT2D eigenvalue weighted by Crippen LogP contribution is 2.29. The first kappa shape index (κ1) is 23.1. The van der Waals surface area contributed by atoms with E-state index in [0.717, 1.165) is 11.3 Å². The van der Waals surface area contributed by atoms with Crippen LogP contribution in [0, 0.1) is 0 Å². The van der Waals surface area contributed by atoms with Gasteiger partial charge in [-0.1, -0.05) is 12.1 Å². The third kappa shape index (κ3) is 6.14. The van der Waals surface area contributed by atoms with E-state index in [9.17, 15) is 4.79 Å². The van der Waals surface area contributed by atoms with Gasteiger partial charge in [0.2, 0.25) is 0 Å². The molecule has 0 saturated carbocycles. The average molecular weight is 522 g/mol. The van der Waals surface area contributed by atoms with E-state index in [1.807, 2.05) is 18.2 Å². The molecule has 8 nitrogen and oxygen atoms in total. The smallest absolute Gasteiger partial charge is 0.291 e. The normalized spacial score (nSPS) is 10.7. The van der Waals surface area contributed by atoms with Gasteiger partial charge in [0.25, 0.3) is 5.91 Å². The minimum absolute atomic E-state index is 0. The molecule has 1 heterocycles. The Balaban J connectivity index is 0.00000320. The van der Waals surface area contributed by atoms with Crippen LogP contribution in [0.25, 0.3) is 0 Å². The number of benzene rings is 2. The van der Waals surface area contributed by atoms with E-state index >= 15 is 0 Å². The van der Waals surface area contributed by atoms with Crippen molar-refractivity contribution in [1.82, 2.24) is 0 Å². The molecule has 0 fully saturated rings. The number of hydrogen-bond acceptors (Lipinski definition) is 5. The number of halogens is 1. The molecule has 0 bridgehead atoms. The maximum absolute atomic E-state index is 12.0. The summed E-state index contributed by atoms with van der Waals surface area (Å²) < 4.78 is 15.5. The summed E-state index contributed by atoms with van der Waals surface area (Å²) in [5.74, 6) is 1.45. The zero-order chi connectivity index (χ0) is 20.6. The van der Waals surface area contributed by atoms with Gasteiger partial charge in [-0.25, -0.2) is 4.99 Å². The average Bonchev–Trinajstić information content (AvgIpc) is 3.28. The minimum atomic E-state index is -0.302. The summed E-state index contributed by atoms with van der Waals surface area (Å²) in [6.07, 6.45) is 1.45. The summed E-state index contributed by atoms with van der Waals surface area (Å²) in [6.45, 7) is 0.387. The van der Waals surface area contributed by atoms with Crippen molar-refractivity contribution in [2.24, 2.45) is 10.7 Å². The van der Waals surface area contributed by atoms with Crippen molar-refractivity contribution in [1.29, 1.82) is 0 Å². The van der Waals surface area contributed by atoms with Crippen LogP contribution >= 0.6 is 24.0 Å². The van der Waals surface area contributed by atoms with Gasteiger partial charge in [0.05, 0.1) is 27.0 Å². The number of nitrogens with zero attached hydrogens (tertiary/aromatic N) is 1. The van der Waals surface area contributed by atoms with E-state index < -0.39 is 0 Å². The molecule has 9 heteroatoms. The molecule has 158 valence electrons. The quantitative estimate of drug-likeness (QED) is 0.245. The molecule has 1 aromatic heterocycles. The lowest BCUT2D eigenvalue weighted by atomic mass is 10.2. The molecular formula is C21H23IN4O4. The zero-order valence-corrected chi connectivity index (χ0v) is 18.9. The number of rotatable bonds is 7. The topological polar surface area (TPSA) is 111 Å². The highest BCUT2D eigenvalue weighted by molar-refractivity contribution is 14.0. The number of ether oxygens (including phenoxy) is 2. The third-order valence-electron chi connectivity index (χ3n) is 4.04. The van der Waals surface area contributed by atoms with Crippen molar-refractivity contribution >= 4 is 47.2 Å². The van der Waals surface area contributed by atoms with Crippen molar-refractivity contribution in [3.63, 3.8) is 0 Å². The second kappa shape index (κ2) is 11.1. The van der Waals surface area contributed by atoms with Crippen molar-refractivity contribution in [3.8, 4) is 11.5 Å². The van der Waals surface area contributed by atoms with Crippen LogP contribution in [-0.2, 0) is 6.54 Å². The Labute approximate surface area is 191 Å². The molecule has 0 atom stereocenters. The molecule has 0 aliphatic rings. The number of methoxy groups -OCH3 is 2. The second-order valence-electron chi connectivity index (χ2n) is 6.02. The van der Waals surface area contributed by atoms with Crippen LogP contribution in [0.4, 0.5) is 11.4 Å². The predicted octanol–water partition coefficient (Wildman–Crippen LogP) is 4.09. The number of guanidine groups is 1. The molecule has 1 amide bonds. The molecule has 4 N–H and O–H groups in total. The van der Waals surface area contributed by atoms with Crippen LogP contribution in [0.1, 0.15) is 16.1 Å². The number of carbonyl (C=O) groups excluding carboxylic acids is 1. The lowest BCUT2D eigenvalue weighted by molar-refractivity contribution is 0.0996. The van der Waals surface area contributed by atoms with Crippen LogP contribution in [0.3, 0.4) is 0 Å². The molecule has 0 aliphatic carbocycles. The number of furan rings is 1. The Morgan fingerprint density at radius 3 is 2.33 bits per heavy atom. The lowest BCUT2D eigenvalue weighted by Gasteiger charge is -2.11. The molecule has 0 saturated heterocycles. The van der Waals surface area contributed by atoms with Gasteiger partial charge >= 0.3 is 0 Å². The maximum atomic E-state index is 12.0. The van der Waals surface area contributed by atoms with Crippen LogP contribution in [0.2, 0.25) is 0 Å². The fraction of sp³-hybridized carbons (Fsp3) is 0.143. The Morgan fingerprint density at radius 2 is 1.70 bits per heavy atom.